The number of ether oxygens (including phenoxy) is 2. The zero-order chi connectivity index (χ0) is 23.3. The lowest BCUT2D eigenvalue weighted by Crippen LogP contribution is -2.41. The van der Waals surface area contributed by atoms with Gasteiger partial charge in [0.2, 0.25) is 11.8 Å². The first-order chi connectivity index (χ1) is 15.2. The first-order valence-electron chi connectivity index (χ1n) is 10.2. The molecule has 3 rings (SSSR count). The molecule has 0 saturated heterocycles. The van der Waals surface area contributed by atoms with E-state index in [1.165, 1.54) is 18.4 Å². The highest BCUT2D eigenvalue weighted by Gasteiger charge is 2.23. The van der Waals surface area contributed by atoms with E-state index in [-0.39, 0.29) is 23.9 Å². The summed E-state index contributed by atoms with van der Waals surface area (Å²) in [5, 5.41) is 8.55. The molecule has 0 atom stereocenters. The van der Waals surface area contributed by atoms with Crippen molar-refractivity contribution in [1.82, 2.24) is 25.6 Å². The van der Waals surface area contributed by atoms with Crippen LogP contribution in [0.4, 0.5) is 15.7 Å². The predicted molar refractivity (Wildman–Crippen MR) is 121 cm³/mol. The van der Waals surface area contributed by atoms with Crippen molar-refractivity contribution in [3.63, 3.8) is 0 Å². The molecular weight excluding hydrogens is 434 g/mol. The molecule has 3 amide bonds. The van der Waals surface area contributed by atoms with Crippen LogP contribution in [0.2, 0.25) is 0 Å². The van der Waals surface area contributed by atoms with Gasteiger partial charge in [-0.1, -0.05) is 32.1 Å². The second-order valence-electron chi connectivity index (χ2n) is 8.46. The zero-order valence-electron chi connectivity index (χ0n) is 18.9. The number of thiazole rings is 1. The molecule has 0 bridgehead atoms. The highest BCUT2D eigenvalue weighted by molar-refractivity contribution is 7.15. The lowest BCUT2D eigenvalue weighted by atomic mass is 9.97. The van der Waals surface area contributed by atoms with Crippen LogP contribution in [0, 0.1) is 5.41 Å². The summed E-state index contributed by atoms with van der Waals surface area (Å²) >= 11 is 1.40. The standard InChI is InChI=1S/C20H29N7O4S/c1-20(2,3)11-22-15(28)9-21-17(29)26-19-23-12-6-7-27(10-13(12)32-19)14-8-16(30-4)25-18(24-14)31-5/h8H,6-7,9-11H2,1-5H3,(H,22,28)(H2,21,23,26,29). The lowest BCUT2D eigenvalue weighted by Gasteiger charge is -2.27. The molecule has 0 aromatic carbocycles. The number of fused-ring (bicyclic) bond motifs is 1. The van der Waals surface area contributed by atoms with E-state index in [9.17, 15) is 9.59 Å². The normalized spacial score (nSPS) is 13.2. The summed E-state index contributed by atoms with van der Waals surface area (Å²) in [6.45, 7) is 7.81. The molecule has 3 heterocycles. The summed E-state index contributed by atoms with van der Waals surface area (Å²) in [7, 11) is 3.05. The number of carbonyl (C=O) groups excluding carboxylic acids is 2. The Morgan fingerprint density at radius 2 is 1.94 bits per heavy atom. The van der Waals surface area contributed by atoms with Crippen LogP contribution in [-0.2, 0) is 17.8 Å². The van der Waals surface area contributed by atoms with Crippen molar-refractivity contribution in [2.45, 2.75) is 33.7 Å². The van der Waals surface area contributed by atoms with Gasteiger partial charge in [-0.15, -0.1) is 0 Å². The summed E-state index contributed by atoms with van der Waals surface area (Å²) in [6, 6.07) is 1.52. The highest BCUT2D eigenvalue weighted by Crippen LogP contribution is 2.31. The fraction of sp³-hybridized carbons (Fsp3) is 0.550. The SMILES string of the molecule is COc1cc(N2CCc3nc(NC(=O)NCC(=O)NCC(C)(C)C)sc3C2)nc(OC)n1. The van der Waals surface area contributed by atoms with Gasteiger partial charge in [-0.05, 0) is 5.41 Å². The quantitative estimate of drug-likeness (QED) is 0.567. The Bertz CT molecular complexity index is 951. The minimum Gasteiger partial charge on any atom is -0.481 e. The van der Waals surface area contributed by atoms with E-state index >= 15 is 0 Å². The van der Waals surface area contributed by atoms with Gasteiger partial charge in [0.25, 0.3) is 0 Å². The third kappa shape index (κ3) is 6.42. The van der Waals surface area contributed by atoms with Crippen LogP contribution in [0.1, 0.15) is 31.3 Å². The first-order valence-corrected chi connectivity index (χ1v) is 11.0. The van der Waals surface area contributed by atoms with Crippen LogP contribution in [0.3, 0.4) is 0 Å². The van der Waals surface area contributed by atoms with E-state index in [0.717, 1.165) is 10.6 Å². The number of methoxy groups -OCH3 is 2. The van der Waals surface area contributed by atoms with Crippen LogP contribution >= 0.6 is 11.3 Å². The molecular formula is C20H29N7O4S. The topological polar surface area (TPSA) is 131 Å². The Morgan fingerprint density at radius 1 is 1.16 bits per heavy atom. The van der Waals surface area contributed by atoms with Crippen molar-refractivity contribution in [1.29, 1.82) is 0 Å². The maximum Gasteiger partial charge on any atom is 0.321 e. The Labute approximate surface area is 190 Å². The average Bonchev–Trinajstić information content (AvgIpc) is 3.16. The van der Waals surface area contributed by atoms with Crippen LogP contribution in [0.15, 0.2) is 6.07 Å². The molecule has 11 nitrogen and oxygen atoms in total. The third-order valence-electron chi connectivity index (χ3n) is 4.56. The second-order valence-corrected chi connectivity index (χ2v) is 9.54. The van der Waals surface area contributed by atoms with E-state index < -0.39 is 6.03 Å². The number of anilines is 2. The fourth-order valence-electron chi connectivity index (χ4n) is 2.92. The summed E-state index contributed by atoms with van der Waals surface area (Å²) in [5.74, 6) is 0.883. The molecule has 3 N–H and O–H groups in total. The Balaban J connectivity index is 1.56. The van der Waals surface area contributed by atoms with E-state index in [1.807, 2.05) is 20.8 Å². The van der Waals surface area contributed by atoms with Gasteiger partial charge in [0.05, 0.1) is 33.0 Å². The van der Waals surface area contributed by atoms with Gasteiger partial charge < -0.3 is 25.0 Å². The number of urea groups is 1. The van der Waals surface area contributed by atoms with Crippen molar-refractivity contribution in [2.75, 3.05) is 44.1 Å². The zero-order valence-corrected chi connectivity index (χ0v) is 19.8. The van der Waals surface area contributed by atoms with Gasteiger partial charge in [0, 0.05) is 30.5 Å². The Kier molecular flexibility index (Phi) is 7.33. The fourth-order valence-corrected chi connectivity index (χ4v) is 3.94. The number of aromatic nitrogens is 3. The first kappa shape index (κ1) is 23.5. The molecule has 174 valence electrons. The number of nitrogens with one attached hydrogen (secondary N) is 3. The number of rotatable bonds is 7. The van der Waals surface area contributed by atoms with Gasteiger partial charge in [-0.2, -0.15) is 9.97 Å². The van der Waals surface area contributed by atoms with Crippen molar-refractivity contribution in [3.8, 4) is 11.9 Å². The Morgan fingerprint density at radius 3 is 2.62 bits per heavy atom. The molecule has 2 aromatic heterocycles. The summed E-state index contributed by atoms with van der Waals surface area (Å²) in [5.41, 5.74) is 0.922. The number of amides is 3. The van der Waals surface area contributed by atoms with Crippen LogP contribution < -0.4 is 30.3 Å². The second kappa shape index (κ2) is 9.98. The average molecular weight is 464 g/mol. The van der Waals surface area contributed by atoms with E-state index in [1.54, 1.807) is 13.2 Å². The van der Waals surface area contributed by atoms with Gasteiger partial charge in [0.1, 0.15) is 5.82 Å². The number of hydrogen-bond acceptors (Lipinski definition) is 9. The smallest absolute Gasteiger partial charge is 0.321 e. The Hall–Kier alpha value is -3.15. The minimum absolute atomic E-state index is 0.0200. The molecule has 32 heavy (non-hydrogen) atoms. The molecule has 0 fully saturated rings. The van der Waals surface area contributed by atoms with Gasteiger partial charge in [0.15, 0.2) is 5.13 Å². The van der Waals surface area contributed by atoms with Crippen molar-refractivity contribution in [2.24, 2.45) is 5.41 Å². The summed E-state index contributed by atoms with van der Waals surface area (Å²) < 4.78 is 10.4. The number of nitrogens with zero attached hydrogens (tertiary/aromatic N) is 4. The molecule has 0 spiro atoms. The van der Waals surface area contributed by atoms with Crippen LogP contribution in [0.5, 0.6) is 11.9 Å². The largest absolute Gasteiger partial charge is 0.481 e. The molecule has 0 aliphatic carbocycles. The van der Waals surface area contributed by atoms with Crippen molar-refractivity contribution >= 4 is 34.2 Å². The van der Waals surface area contributed by atoms with Crippen molar-refractivity contribution < 1.29 is 19.1 Å². The minimum atomic E-state index is -0.468. The maximum atomic E-state index is 12.2. The monoisotopic (exact) mass is 463 g/mol. The summed E-state index contributed by atoms with van der Waals surface area (Å²) in [6.07, 6.45) is 0.707. The molecule has 12 heteroatoms. The highest BCUT2D eigenvalue weighted by atomic mass is 32.1. The van der Waals surface area contributed by atoms with Crippen LogP contribution in [-0.4, -0.2) is 60.7 Å². The molecule has 0 saturated carbocycles. The lowest BCUT2D eigenvalue weighted by molar-refractivity contribution is -0.120. The van der Waals surface area contributed by atoms with E-state index in [0.29, 0.717) is 42.9 Å². The molecule has 1 aliphatic heterocycles. The third-order valence-corrected chi connectivity index (χ3v) is 5.56. The van der Waals surface area contributed by atoms with Gasteiger partial charge >= 0.3 is 12.0 Å². The number of carbonyl (C=O) groups is 2. The molecule has 1 aliphatic rings. The van der Waals surface area contributed by atoms with Crippen LogP contribution in [0.25, 0.3) is 0 Å². The number of hydrogen-bond donors (Lipinski definition) is 3. The molecule has 2 aromatic rings. The van der Waals surface area contributed by atoms with Gasteiger partial charge in [-0.25, -0.2) is 9.78 Å². The molecule has 0 unspecified atom stereocenters. The van der Waals surface area contributed by atoms with Gasteiger partial charge in [-0.3, -0.25) is 10.1 Å². The summed E-state index contributed by atoms with van der Waals surface area (Å²) in [4.78, 5) is 40.2. The predicted octanol–water partition coefficient (Wildman–Crippen LogP) is 1.80. The van der Waals surface area contributed by atoms with Crippen molar-refractivity contribution in [3.05, 3.63) is 16.6 Å². The van der Waals surface area contributed by atoms with E-state index in [2.05, 4.69) is 35.8 Å². The molecule has 0 radical (unpaired) electrons. The maximum absolute atomic E-state index is 12.2. The van der Waals surface area contributed by atoms with E-state index in [4.69, 9.17) is 9.47 Å².